The number of imide groups is 1. The normalized spacial score (nSPS) is 18.8. The Labute approximate surface area is 77.5 Å². The van der Waals surface area contributed by atoms with Gasteiger partial charge in [-0.05, 0) is 20.0 Å². The van der Waals surface area contributed by atoms with Gasteiger partial charge in [-0.3, -0.25) is 19.8 Å². The molecule has 0 atom stereocenters. The maximum atomic E-state index is 10.9. The molecule has 1 heterocycles. The number of piperazine rings is 1. The summed E-state index contributed by atoms with van der Waals surface area (Å²) in [4.78, 5) is 23.7. The first-order chi connectivity index (χ1) is 6.22. The van der Waals surface area contributed by atoms with Gasteiger partial charge in [-0.15, -0.1) is 0 Å². The molecule has 0 saturated carbocycles. The van der Waals surface area contributed by atoms with Crippen LogP contribution in [0.5, 0.6) is 0 Å². The summed E-state index contributed by atoms with van der Waals surface area (Å²) < 4.78 is 0. The van der Waals surface area contributed by atoms with Crippen molar-refractivity contribution in [3.05, 3.63) is 0 Å². The summed E-state index contributed by atoms with van der Waals surface area (Å²) in [5.74, 6) is -0.388. The number of carbonyl (C=O) groups excluding carboxylic acids is 2. The number of carbonyl (C=O) groups is 2. The first-order valence-electron chi connectivity index (χ1n) is 4.42. The van der Waals surface area contributed by atoms with Gasteiger partial charge in [-0.1, -0.05) is 0 Å². The molecule has 5 nitrogen and oxygen atoms in total. The fourth-order valence-corrected chi connectivity index (χ4v) is 1.33. The maximum Gasteiger partial charge on any atom is 0.240 e. The van der Waals surface area contributed by atoms with E-state index in [1.165, 1.54) is 0 Å². The quantitative estimate of drug-likeness (QED) is 0.416. The number of nitrogens with one attached hydrogen (secondary N) is 2. The van der Waals surface area contributed by atoms with E-state index in [2.05, 4.69) is 10.6 Å². The van der Waals surface area contributed by atoms with Crippen LogP contribution in [0, 0.1) is 0 Å². The first kappa shape index (κ1) is 10.1. The van der Waals surface area contributed by atoms with Gasteiger partial charge in [-0.25, -0.2) is 0 Å². The van der Waals surface area contributed by atoms with Gasteiger partial charge in [0.05, 0.1) is 13.1 Å². The highest BCUT2D eigenvalue weighted by molar-refractivity contribution is 5.99. The number of hydrogen-bond donors (Lipinski definition) is 2. The Morgan fingerprint density at radius 2 is 2.00 bits per heavy atom. The average Bonchev–Trinajstić information content (AvgIpc) is 2.03. The number of amides is 2. The van der Waals surface area contributed by atoms with Crippen LogP contribution in [0.4, 0.5) is 0 Å². The van der Waals surface area contributed by atoms with Crippen LogP contribution in [0.2, 0.25) is 0 Å². The van der Waals surface area contributed by atoms with Crippen LogP contribution in [0.1, 0.15) is 6.42 Å². The molecule has 5 heteroatoms. The molecule has 1 fully saturated rings. The van der Waals surface area contributed by atoms with Gasteiger partial charge in [0.25, 0.3) is 0 Å². The molecule has 0 aromatic rings. The van der Waals surface area contributed by atoms with Crippen molar-refractivity contribution in [3.63, 3.8) is 0 Å². The first-order valence-corrected chi connectivity index (χ1v) is 4.42. The SMILES string of the molecule is CNCCCN1CC(=O)NC(=O)C1. The van der Waals surface area contributed by atoms with Crippen LogP contribution < -0.4 is 10.6 Å². The van der Waals surface area contributed by atoms with E-state index in [0.29, 0.717) is 13.1 Å². The second-order valence-corrected chi connectivity index (χ2v) is 3.14. The zero-order valence-corrected chi connectivity index (χ0v) is 7.80. The third-order valence-corrected chi connectivity index (χ3v) is 1.91. The molecule has 1 aliphatic rings. The van der Waals surface area contributed by atoms with Gasteiger partial charge in [0.15, 0.2) is 0 Å². The summed E-state index contributed by atoms with van der Waals surface area (Å²) in [7, 11) is 1.88. The maximum absolute atomic E-state index is 10.9. The van der Waals surface area contributed by atoms with Crippen molar-refractivity contribution >= 4 is 11.8 Å². The smallest absolute Gasteiger partial charge is 0.240 e. The van der Waals surface area contributed by atoms with E-state index in [-0.39, 0.29) is 11.8 Å². The Hall–Kier alpha value is -0.940. The van der Waals surface area contributed by atoms with E-state index >= 15 is 0 Å². The molecule has 0 spiro atoms. The van der Waals surface area contributed by atoms with E-state index in [1.54, 1.807) is 0 Å². The van der Waals surface area contributed by atoms with Crippen molar-refractivity contribution in [3.8, 4) is 0 Å². The standard InChI is InChI=1S/C8H15N3O2/c1-9-3-2-4-11-5-7(12)10-8(13)6-11/h9H,2-6H2,1H3,(H,10,12,13). The molecule has 0 radical (unpaired) electrons. The predicted octanol–water partition coefficient (Wildman–Crippen LogP) is -1.45. The van der Waals surface area contributed by atoms with Crippen LogP contribution in [-0.4, -0.2) is 49.9 Å². The summed E-state index contributed by atoms with van der Waals surface area (Å²) in [6.07, 6.45) is 0.955. The lowest BCUT2D eigenvalue weighted by Crippen LogP contribution is -2.51. The molecule has 0 unspecified atom stereocenters. The van der Waals surface area contributed by atoms with E-state index in [4.69, 9.17) is 0 Å². The van der Waals surface area contributed by atoms with Crippen LogP contribution in [0.3, 0.4) is 0 Å². The minimum atomic E-state index is -0.194. The number of hydrogen-bond acceptors (Lipinski definition) is 4. The van der Waals surface area contributed by atoms with Crippen molar-refractivity contribution in [2.24, 2.45) is 0 Å². The van der Waals surface area contributed by atoms with Crippen LogP contribution >= 0.6 is 0 Å². The van der Waals surface area contributed by atoms with Gasteiger partial charge in [0.2, 0.25) is 11.8 Å². The minimum absolute atomic E-state index is 0.194. The molecule has 1 aliphatic heterocycles. The number of nitrogens with zero attached hydrogens (tertiary/aromatic N) is 1. The second-order valence-electron chi connectivity index (χ2n) is 3.14. The third-order valence-electron chi connectivity index (χ3n) is 1.91. The summed E-state index contributed by atoms with van der Waals surface area (Å²) in [5, 5.41) is 5.28. The topological polar surface area (TPSA) is 61.4 Å². The minimum Gasteiger partial charge on any atom is -0.320 e. The van der Waals surface area contributed by atoms with Gasteiger partial charge < -0.3 is 5.32 Å². The highest BCUT2D eigenvalue weighted by Crippen LogP contribution is 1.95. The fourth-order valence-electron chi connectivity index (χ4n) is 1.33. The fraction of sp³-hybridized carbons (Fsp3) is 0.750. The van der Waals surface area contributed by atoms with Crippen LogP contribution in [0.15, 0.2) is 0 Å². The van der Waals surface area contributed by atoms with Crippen molar-refractivity contribution < 1.29 is 9.59 Å². The third kappa shape index (κ3) is 3.52. The molecule has 1 saturated heterocycles. The number of rotatable bonds is 4. The zero-order chi connectivity index (χ0) is 9.68. The van der Waals surface area contributed by atoms with E-state index in [0.717, 1.165) is 19.5 Å². The lowest BCUT2D eigenvalue weighted by Gasteiger charge is -2.24. The van der Waals surface area contributed by atoms with Gasteiger partial charge in [0.1, 0.15) is 0 Å². The Bertz CT molecular complexity index is 190. The van der Waals surface area contributed by atoms with Gasteiger partial charge >= 0.3 is 0 Å². The summed E-state index contributed by atoms with van der Waals surface area (Å²) in [5.41, 5.74) is 0. The average molecular weight is 185 g/mol. The highest BCUT2D eigenvalue weighted by atomic mass is 16.2. The predicted molar refractivity (Wildman–Crippen MR) is 48.1 cm³/mol. The van der Waals surface area contributed by atoms with E-state index in [1.807, 2.05) is 11.9 Å². The lowest BCUT2D eigenvalue weighted by atomic mass is 10.3. The summed E-state index contributed by atoms with van der Waals surface area (Å²) in [6, 6.07) is 0. The summed E-state index contributed by atoms with van der Waals surface area (Å²) in [6.45, 7) is 2.39. The lowest BCUT2D eigenvalue weighted by molar-refractivity contribution is -0.136. The molecular formula is C8H15N3O2. The van der Waals surface area contributed by atoms with Crippen molar-refractivity contribution in [1.29, 1.82) is 0 Å². The van der Waals surface area contributed by atoms with Crippen LogP contribution in [-0.2, 0) is 9.59 Å². The second kappa shape index (κ2) is 4.94. The van der Waals surface area contributed by atoms with Gasteiger partial charge in [-0.2, -0.15) is 0 Å². The molecule has 0 bridgehead atoms. The Morgan fingerprint density at radius 1 is 1.38 bits per heavy atom. The molecule has 13 heavy (non-hydrogen) atoms. The van der Waals surface area contributed by atoms with Crippen molar-refractivity contribution in [2.75, 3.05) is 33.2 Å². The van der Waals surface area contributed by atoms with E-state index in [9.17, 15) is 9.59 Å². The molecule has 0 aromatic heterocycles. The molecule has 0 aliphatic carbocycles. The molecule has 2 amide bonds. The highest BCUT2D eigenvalue weighted by Gasteiger charge is 2.21. The monoisotopic (exact) mass is 185 g/mol. The molecular weight excluding hydrogens is 170 g/mol. The molecule has 2 N–H and O–H groups in total. The van der Waals surface area contributed by atoms with Gasteiger partial charge in [0, 0.05) is 6.54 Å². The van der Waals surface area contributed by atoms with Crippen molar-refractivity contribution in [2.45, 2.75) is 6.42 Å². The summed E-state index contributed by atoms with van der Waals surface area (Å²) >= 11 is 0. The molecule has 0 aromatic carbocycles. The molecule has 74 valence electrons. The Kier molecular flexibility index (Phi) is 3.85. The van der Waals surface area contributed by atoms with Crippen molar-refractivity contribution in [1.82, 2.24) is 15.5 Å². The largest absolute Gasteiger partial charge is 0.320 e. The molecule has 1 rings (SSSR count). The van der Waals surface area contributed by atoms with E-state index < -0.39 is 0 Å². The zero-order valence-electron chi connectivity index (χ0n) is 7.80. The van der Waals surface area contributed by atoms with Crippen LogP contribution in [0.25, 0.3) is 0 Å². The Balaban J connectivity index is 2.25. The Morgan fingerprint density at radius 3 is 2.54 bits per heavy atom.